The molecule has 0 saturated heterocycles. The van der Waals surface area contributed by atoms with Crippen molar-refractivity contribution in [3.05, 3.63) is 52.8 Å². The fraction of sp³-hybridized carbons (Fsp3) is 0. The number of thiocarbonyl (C=S) groups is 1. The molecule has 2 rings (SSSR count). The van der Waals surface area contributed by atoms with Crippen molar-refractivity contribution in [2.24, 2.45) is 5.73 Å². The van der Waals surface area contributed by atoms with Crippen LogP contribution in [0.25, 0.3) is 0 Å². The minimum absolute atomic E-state index is 0.360. The highest BCUT2D eigenvalue weighted by Crippen LogP contribution is 2.30. The molecule has 1 aromatic heterocycles. The zero-order valence-electron chi connectivity index (χ0n) is 8.76. The predicted octanol–water partition coefficient (Wildman–Crippen LogP) is 3.27. The minimum Gasteiger partial charge on any atom is -0.455 e. The maximum atomic E-state index is 5.65. The van der Waals surface area contributed by atoms with Crippen LogP contribution in [0.15, 0.2) is 47.2 Å². The number of nitrogens with two attached hydrogens (primary N) is 1. The Kier molecular flexibility index (Phi) is 3.71. The van der Waals surface area contributed by atoms with E-state index in [1.807, 2.05) is 30.3 Å². The first kappa shape index (κ1) is 12.0. The number of pyridine rings is 1. The molecule has 0 radical (unpaired) electrons. The molecule has 0 spiro atoms. The van der Waals surface area contributed by atoms with Crippen LogP contribution in [0.3, 0.4) is 0 Å². The number of ether oxygens (including phenoxy) is 1. The van der Waals surface area contributed by atoms with Gasteiger partial charge in [-0.1, -0.05) is 12.2 Å². The lowest BCUT2D eigenvalue weighted by atomic mass is 10.2. The number of hydrogen-bond acceptors (Lipinski definition) is 3. The second kappa shape index (κ2) is 5.25. The summed E-state index contributed by atoms with van der Waals surface area (Å²) in [7, 11) is 0. The fourth-order valence-corrected chi connectivity index (χ4v) is 1.86. The van der Waals surface area contributed by atoms with Crippen molar-refractivity contribution in [2.75, 3.05) is 0 Å². The van der Waals surface area contributed by atoms with Crippen molar-refractivity contribution in [3.63, 3.8) is 0 Å². The molecule has 0 aliphatic heterocycles. The lowest BCUT2D eigenvalue weighted by Crippen LogP contribution is -2.08. The smallest absolute Gasteiger partial charge is 0.145 e. The minimum atomic E-state index is 0.360. The quantitative estimate of drug-likeness (QED) is 0.884. The van der Waals surface area contributed by atoms with Gasteiger partial charge in [0.15, 0.2) is 0 Å². The molecule has 0 atom stereocenters. The molecular formula is C12H9BrN2OS. The molecule has 86 valence electrons. The van der Waals surface area contributed by atoms with E-state index in [1.54, 1.807) is 12.4 Å². The van der Waals surface area contributed by atoms with Crippen molar-refractivity contribution in [1.82, 2.24) is 4.98 Å². The number of hydrogen-bond donors (Lipinski definition) is 1. The van der Waals surface area contributed by atoms with Crippen LogP contribution in [0.5, 0.6) is 11.5 Å². The normalized spacial score (nSPS) is 9.94. The third-order valence-electron chi connectivity index (χ3n) is 2.08. The van der Waals surface area contributed by atoms with Gasteiger partial charge in [-0.05, 0) is 46.3 Å². The van der Waals surface area contributed by atoms with Gasteiger partial charge < -0.3 is 10.5 Å². The summed E-state index contributed by atoms with van der Waals surface area (Å²) in [6, 6.07) is 9.10. The van der Waals surface area contributed by atoms with Gasteiger partial charge in [-0.15, -0.1) is 0 Å². The molecule has 5 heteroatoms. The van der Waals surface area contributed by atoms with Crippen LogP contribution in [0, 0.1) is 0 Å². The van der Waals surface area contributed by atoms with E-state index in [1.165, 1.54) is 0 Å². The maximum Gasteiger partial charge on any atom is 0.145 e. The molecule has 3 nitrogen and oxygen atoms in total. The van der Waals surface area contributed by atoms with Gasteiger partial charge in [-0.25, -0.2) is 0 Å². The predicted molar refractivity (Wildman–Crippen MR) is 74.3 cm³/mol. The first-order chi connectivity index (χ1) is 8.16. The summed E-state index contributed by atoms with van der Waals surface area (Å²) >= 11 is 8.31. The van der Waals surface area contributed by atoms with E-state index in [0.29, 0.717) is 16.5 Å². The average Bonchev–Trinajstić information content (AvgIpc) is 2.33. The summed E-state index contributed by atoms with van der Waals surface area (Å²) in [5.41, 5.74) is 6.34. The Labute approximate surface area is 113 Å². The highest BCUT2D eigenvalue weighted by Gasteiger charge is 2.05. The van der Waals surface area contributed by atoms with E-state index >= 15 is 0 Å². The Morgan fingerprint density at radius 2 is 2.18 bits per heavy atom. The summed E-state index contributed by atoms with van der Waals surface area (Å²) in [6.45, 7) is 0. The summed E-state index contributed by atoms with van der Waals surface area (Å²) in [5, 5.41) is 0. The van der Waals surface area contributed by atoms with Crippen molar-refractivity contribution in [1.29, 1.82) is 0 Å². The Balaban J connectivity index is 2.26. The third kappa shape index (κ3) is 3.01. The molecule has 17 heavy (non-hydrogen) atoms. The van der Waals surface area contributed by atoms with Gasteiger partial charge in [-0.2, -0.15) is 0 Å². The lowest BCUT2D eigenvalue weighted by Gasteiger charge is -2.08. The van der Waals surface area contributed by atoms with Crippen molar-refractivity contribution in [2.45, 2.75) is 0 Å². The highest BCUT2D eigenvalue weighted by molar-refractivity contribution is 9.10. The van der Waals surface area contributed by atoms with Crippen molar-refractivity contribution >= 4 is 33.1 Å². The van der Waals surface area contributed by atoms with E-state index in [9.17, 15) is 0 Å². The molecule has 1 aromatic carbocycles. The Hall–Kier alpha value is -1.46. The molecular weight excluding hydrogens is 300 g/mol. The first-order valence-electron chi connectivity index (χ1n) is 4.84. The van der Waals surface area contributed by atoms with Crippen molar-refractivity contribution in [3.8, 4) is 11.5 Å². The summed E-state index contributed by atoms with van der Waals surface area (Å²) in [4.78, 5) is 4.34. The summed E-state index contributed by atoms with van der Waals surface area (Å²) in [5.74, 6) is 1.37. The number of halogens is 1. The number of nitrogens with zero attached hydrogens (tertiary/aromatic N) is 1. The fourth-order valence-electron chi connectivity index (χ4n) is 1.27. The summed E-state index contributed by atoms with van der Waals surface area (Å²) in [6.07, 6.45) is 3.34. The maximum absolute atomic E-state index is 5.65. The SMILES string of the molecule is NC(=S)c1ccc(Oc2cccnc2)c(Br)c1. The molecule has 0 amide bonds. The van der Waals surface area contributed by atoms with E-state index in [2.05, 4.69) is 20.9 Å². The van der Waals surface area contributed by atoms with Gasteiger partial charge in [0.05, 0.1) is 10.7 Å². The Morgan fingerprint density at radius 3 is 2.76 bits per heavy atom. The molecule has 1 heterocycles. The monoisotopic (exact) mass is 308 g/mol. The van der Waals surface area contributed by atoms with E-state index < -0.39 is 0 Å². The summed E-state index contributed by atoms with van der Waals surface area (Å²) < 4.78 is 6.45. The molecule has 0 aliphatic carbocycles. The second-order valence-corrected chi connectivity index (χ2v) is 4.59. The van der Waals surface area contributed by atoms with Crippen LogP contribution in [0.1, 0.15) is 5.56 Å². The van der Waals surface area contributed by atoms with Crippen molar-refractivity contribution < 1.29 is 4.74 Å². The van der Waals surface area contributed by atoms with E-state index in [-0.39, 0.29) is 0 Å². The van der Waals surface area contributed by atoms with Crippen LogP contribution in [0.4, 0.5) is 0 Å². The molecule has 2 aromatic rings. The van der Waals surface area contributed by atoms with Gasteiger partial charge in [-0.3, -0.25) is 4.98 Å². The van der Waals surface area contributed by atoms with Crippen LogP contribution < -0.4 is 10.5 Å². The third-order valence-corrected chi connectivity index (χ3v) is 2.93. The lowest BCUT2D eigenvalue weighted by molar-refractivity contribution is 0.477. The second-order valence-electron chi connectivity index (χ2n) is 3.30. The Morgan fingerprint density at radius 1 is 1.35 bits per heavy atom. The number of aromatic nitrogens is 1. The van der Waals surface area contributed by atoms with E-state index in [0.717, 1.165) is 10.0 Å². The molecule has 0 bridgehead atoms. The number of benzene rings is 1. The topological polar surface area (TPSA) is 48.1 Å². The van der Waals surface area contributed by atoms with Crippen LogP contribution in [-0.2, 0) is 0 Å². The van der Waals surface area contributed by atoms with E-state index in [4.69, 9.17) is 22.7 Å². The van der Waals surface area contributed by atoms with Crippen LogP contribution in [0.2, 0.25) is 0 Å². The largest absolute Gasteiger partial charge is 0.455 e. The van der Waals surface area contributed by atoms with Gasteiger partial charge >= 0.3 is 0 Å². The van der Waals surface area contributed by atoms with Crippen LogP contribution >= 0.6 is 28.1 Å². The zero-order valence-corrected chi connectivity index (χ0v) is 11.2. The zero-order chi connectivity index (χ0) is 12.3. The average molecular weight is 309 g/mol. The molecule has 2 N–H and O–H groups in total. The molecule has 0 aliphatic rings. The van der Waals surface area contributed by atoms with Crippen LogP contribution in [-0.4, -0.2) is 9.97 Å². The van der Waals surface area contributed by atoms with Gasteiger partial charge in [0, 0.05) is 11.8 Å². The Bertz CT molecular complexity index is 545. The van der Waals surface area contributed by atoms with Gasteiger partial charge in [0.1, 0.15) is 16.5 Å². The molecule has 0 fully saturated rings. The molecule has 0 saturated carbocycles. The standard InChI is InChI=1S/C12H9BrN2OS/c13-10-6-8(12(14)17)3-4-11(10)16-9-2-1-5-15-7-9/h1-7H,(H2,14,17). The van der Waals surface area contributed by atoms with Gasteiger partial charge in [0.25, 0.3) is 0 Å². The van der Waals surface area contributed by atoms with Gasteiger partial charge in [0.2, 0.25) is 0 Å². The highest BCUT2D eigenvalue weighted by atomic mass is 79.9. The number of rotatable bonds is 3. The first-order valence-corrected chi connectivity index (χ1v) is 6.04. The molecule has 0 unspecified atom stereocenters.